The Morgan fingerprint density at radius 3 is 3.00 bits per heavy atom. The largest absolute Gasteiger partial charge is 0.326 e. The molecule has 7 heteroatoms. The Morgan fingerprint density at radius 1 is 1.50 bits per heavy atom. The average molecular weight is 315 g/mol. The van der Waals surface area contributed by atoms with Gasteiger partial charge in [-0.3, -0.25) is 9.69 Å². The lowest BCUT2D eigenvalue weighted by atomic mass is 10.2. The van der Waals surface area contributed by atoms with E-state index in [1.165, 1.54) is 0 Å². The van der Waals surface area contributed by atoms with E-state index in [1.807, 2.05) is 0 Å². The number of likely N-dealkylation sites (tertiary alicyclic amines) is 1. The lowest BCUT2D eigenvalue weighted by Crippen LogP contribution is -2.27. The van der Waals surface area contributed by atoms with E-state index in [9.17, 15) is 4.79 Å². The molecule has 2 heterocycles. The zero-order valence-corrected chi connectivity index (χ0v) is 12.4. The molecule has 0 unspecified atom stereocenters. The highest BCUT2D eigenvalue weighted by Crippen LogP contribution is 2.15. The normalized spacial score (nSPS) is 19.2. The second-order valence-corrected chi connectivity index (χ2v) is 5.39. The van der Waals surface area contributed by atoms with Gasteiger partial charge in [-0.1, -0.05) is 11.6 Å². The van der Waals surface area contributed by atoms with Crippen LogP contribution in [0.25, 0.3) is 10.9 Å². The third-order valence-electron chi connectivity index (χ3n) is 3.40. The number of hydrogen-bond acceptors (Lipinski definition) is 4. The Labute approximate surface area is 127 Å². The van der Waals surface area contributed by atoms with E-state index in [0.29, 0.717) is 28.3 Å². The van der Waals surface area contributed by atoms with E-state index in [1.54, 1.807) is 18.2 Å². The van der Waals surface area contributed by atoms with Crippen LogP contribution in [-0.2, 0) is 6.54 Å². The molecule has 5 nitrogen and oxygen atoms in total. The molecule has 0 amide bonds. The van der Waals surface area contributed by atoms with Crippen LogP contribution in [0.1, 0.15) is 12.2 Å². The van der Waals surface area contributed by atoms with Gasteiger partial charge in [-0.15, -0.1) is 12.4 Å². The molecule has 1 saturated heterocycles. The quantitative estimate of drug-likeness (QED) is 0.881. The van der Waals surface area contributed by atoms with E-state index in [0.717, 1.165) is 19.5 Å². The molecule has 20 heavy (non-hydrogen) atoms. The Bertz CT molecular complexity index is 673. The van der Waals surface area contributed by atoms with Crippen LogP contribution in [0.2, 0.25) is 5.02 Å². The van der Waals surface area contributed by atoms with Crippen molar-refractivity contribution in [1.29, 1.82) is 0 Å². The fraction of sp³-hybridized carbons (Fsp3) is 0.385. The Hall–Kier alpha value is -1.14. The van der Waals surface area contributed by atoms with Crippen molar-refractivity contribution >= 4 is 34.9 Å². The number of nitrogens with two attached hydrogens (primary N) is 1. The third kappa shape index (κ3) is 3.12. The summed E-state index contributed by atoms with van der Waals surface area (Å²) >= 11 is 5.88. The number of hydrogen-bond donors (Lipinski definition) is 2. The molecule has 108 valence electrons. The van der Waals surface area contributed by atoms with Gasteiger partial charge in [-0.25, -0.2) is 4.98 Å². The SMILES string of the molecule is Cl.N[C@H]1CCN(Cc2nc3ccc(Cl)cc3c(=O)[nH]2)C1. The number of aromatic amines is 1. The van der Waals surface area contributed by atoms with Gasteiger partial charge in [0, 0.05) is 24.2 Å². The summed E-state index contributed by atoms with van der Waals surface area (Å²) < 4.78 is 0. The van der Waals surface area contributed by atoms with Crippen LogP contribution in [0.15, 0.2) is 23.0 Å². The molecule has 0 radical (unpaired) electrons. The highest BCUT2D eigenvalue weighted by Gasteiger charge is 2.19. The summed E-state index contributed by atoms with van der Waals surface area (Å²) in [4.78, 5) is 21.5. The molecular formula is C13H16Cl2N4O. The van der Waals surface area contributed by atoms with Gasteiger partial charge in [0.05, 0.1) is 17.4 Å². The summed E-state index contributed by atoms with van der Waals surface area (Å²) in [7, 11) is 0. The van der Waals surface area contributed by atoms with Gasteiger partial charge in [0.2, 0.25) is 0 Å². The number of H-pyrrole nitrogens is 1. The summed E-state index contributed by atoms with van der Waals surface area (Å²) in [5, 5.41) is 1.06. The Morgan fingerprint density at radius 2 is 2.30 bits per heavy atom. The molecule has 1 aromatic carbocycles. The van der Waals surface area contributed by atoms with E-state index >= 15 is 0 Å². The Kier molecular flexibility index (Phi) is 4.65. The first-order chi connectivity index (χ1) is 9.11. The number of aromatic nitrogens is 2. The number of nitrogens with one attached hydrogen (secondary N) is 1. The van der Waals surface area contributed by atoms with Crippen LogP contribution in [0, 0.1) is 0 Å². The number of halogens is 2. The van der Waals surface area contributed by atoms with Crippen LogP contribution in [0.5, 0.6) is 0 Å². The van der Waals surface area contributed by atoms with Gasteiger partial charge in [0.25, 0.3) is 5.56 Å². The van der Waals surface area contributed by atoms with Gasteiger partial charge < -0.3 is 10.7 Å². The first kappa shape index (κ1) is 15.3. The van der Waals surface area contributed by atoms with Crippen molar-refractivity contribution in [1.82, 2.24) is 14.9 Å². The van der Waals surface area contributed by atoms with Crippen molar-refractivity contribution in [3.63, 3.8) is 0 Å². The van der Waals surface area contributed by atoms with Crippen LogP contribution in [0.4, 0.5) is 0 Å². The second kappa shape index (κ2) is 6.10. The van der Waals surface area contributed by atoms with Crippen molar-refractivity contribution in [2.45, 2.75) is 19.0 Å². The van der Waals surface area contributed by atoms with E-state index < -0.39 is 0 Å². The molecule has 3 N–H and O–H groups in total. The highest BCUT2D eigenvalue weighted by molar-refractivity contribution is 6.31. The van der Waals surface area contributed by atoms with Crippen LogP contribution >= 0.6 is 24.0 Å². The molecule has 1 aliphatic rings. The molecule has 0 bridgehead atoms. The second-order valence-electron chi connectivity index (χ2n) is 4.96. The van der Waals surface area contributed by atoms with E-state index in [4.69, 9.17) is 17.3 Å². The van der Waals surface area contributed by atoms with Crippen molar-refractivity contribution in [3.05, 3.63) is 39.4 Å². The molecule has 0 spiro atoms. The topological polar surface area (TPSA) is 75.0 Å². The first-order valence-electron chi connectivity index (χ1n) is 6.28. The van der Waals surface area contributed by atoms with Crippen molar-refractivity contribution < 1.29 is 0 Å². The average Bonchev–Trinajstić information content (AvgIpc) is 2.76. The fourth-order valence-corrected chi connectivity index (χ4v) is 2.62. The maximum absolute atomic E-state index is 12.0. The number of rotatable bonds is 2. The molecule has 1 aromatic heterocycles. The van der Waals surface area contributed by atoms with Gasteiger partial charge in [0.15, 0.2) is 0 Å². The molecule has 2 aromatic rings. The van der Waals surface area contributed by atoms with Crippen LogP contribution in [-0.4, -0.2) is 34.0 Å². The predicted molar refractivity (Wildman–Crippen MR) is 82.5 cm³/mol. The van der Waals surface area contributed by atoms with Gasteiger partial charge >= 0.3 is 0 Å². The molecule has 1 atom stereocenters. The van der Waals surface area contributed by atoms with E-state index in [-0.39, 0.29) is 24.0 Å². The number of nitrogens with zero attached hydrogens (tertiary/aromatic N) is 2. The van der Waals surface area contributed by atoms with Gasteiger partial charge in [0.1, 0.15) is 5.82 Å². The molecule has 3 rings (SSSR count). The van der Waals surface area contributed by atoms with Crippen LogP contribution in [0.3, 0.4) is 0 Å². The first-order valence-corrected chi connectivity index (χ1v) is 6.66. The minimum absolute atomic E-state index is 0. The highest BCUT2D eigenvalue weighted by atomic mass is 35.5. The zero-order chi connectivity index (χ0) is 13.4. The molecule has 1 aliphatic heterocycles. The third-order valence-corrected chi connectivity index (χ3v) is 3.63. The molecule has 0 saturated carbocycles. The fourth-order valence-electron chi connectivity index (χ4n) is 2.45. The lowest BCUT2D eigenvalue weighted by molar-refractivity contribution is 0.318. The summed E-state index contributed by atoms with van der Waals surface area (Å²) in [6.45, 7) is 2.42. The Balaban J connectivity index is 0.00000147. The smallest absolute Gasteiger partial charge is 0.258 e. The summed E-state index contributed by atoms with van der Waals surface area (Å²) in [6, 6.07) is 5.38. The van der Waals surface area contributed by atoms with Crippen molar-refractivity contribution in [2.75, 3.05) is 13.1 Å². The van der Waals surface area contributed by atoms with Crippen molar-refractivity contribution in [2.24, 2.45) is 5.73 Å². The standard InChI is InChI=1S/C13H15ClN4O.ClH/c14-8-1-2-11-10(5-8)13(19)17-12(16-11)7-18-4-3-9(15)6-18;/h1-2,5,9H,3-4,6-7,15H2,(H,16,17,19);1H/t9-;/m0./s1. The predicted octanol–water partition coefficient (Wildman–Crippen LogP) is 1.53. The maximum atomic E-state index is 12.0. The van der Waals surface area contributed by atoms with Gasteiger partial charge in [-0.2, -0.15) is 0 Å². The minimum Gasteiger partial charge on any atom is -0.326 e. The molecule has 0 aliphatic carbocycles. The summed E-state index contributed by atoms with van der Waals surface area (Å²) in [5.74, 6) is 0.675. The number of fused-ring (bicyclic) bond motifs is 1. The van der Waals surface area contributed by atoms with Gasteiger partial charge in [-0.05, 0) is 24.6 Å². The number of benzene rings is 1. The minimum atomic E-state index is -0.147. The zero-order valence-electron chi connectivity index (χ0n) is 10.8. The summed E-state index contributed by atoms with van der Waals surface area (Å²) in [6.07, 6.45) is 0.993. The van der Waals surface area contributed by atoms with Crippen molar-refractivity contribution in [3.8, 4) is 0 Å². The van der Waals surface area contributed by atoms with E-state index in [2.05, 4.69) is 14.9 Å². The lowest BCUT2D eigenvalue weighted by Gasteiger charge is -2.14. The maximum Gasteiger partial charge on any atom is 0.258 e. The molecule has 1 fully saturated rings. The van der Waals surface area contributed by atoms with Crippen LogP contribution < -0.4 is 11.3 Å². The molecular weight excluding hydrogens is 299 g/mol. The monoisotopic (exact) mass is 314 g/mol. The summed E-state index contributed by atoms with van der Waals surface area (Å²) in [5.41, 5.74) is 6.39.